The SMILES string of the molecule is O=S(=O)(c1ccc(O)cc1)c1ccc(N2CCNCC2)cc1. The number of nitrogens with one attached hydrogen (secondary N) is 1. The van der Waals surface area contributed by atoms with Crippen LogP contribution >= 0.6 is 0 Å². The fourth-order valence-electron chi connectivity index (χ4n) is 2.52. The Bertz CT molecular complexity index is 734. The Morgan fingerprint density at radius 1 is 0.864 bits per heavy atom. The molecule has 0 atom stereocenters. The first-order valence-corrected chi connectivity index (χ1v) is 8.65. The summed E-state index contributed by atoms with van der Waals surface area (Å²) in [5.41, 5.74) is 1.03. The van der Waals surface area contributed by atoms with Gasteiger partial charge in [0, 0.05) is 31.9 Å². The van der Waals surface area contributed by atoms with Crippen molar-refractivity contribution in [1.82, 2.24) is 5.32 Å². The van der Waals surface area contributed by atoms with Gasteiger partial charge in [-0.2, -0.15) is 0 Å². The highest BCUT2D eigenvalue weighted by atomic mass is 32.2. The molecule has 2 aromatic rings. The monoisotopic (exact) mass is 318 g/mol. The Labute approximate surface area is 130 Å². The maximum atomic E-state index is 12.5. The lowest BCUT2D eigenvalue weighted by Gasteiger charge is -2.29. The summed E-state index contributed by atoms with van der Waals surface area (Å²) in [5.74, 6) is 0.0491. The molecular weight excluding hydrogens is 300 g/mol. The smallest absolute Gasteiger partial charge is 0.206 e. The molecule has 116 valence electrons. The lowest BCUT2D eigenvalue weighted by Crippen LogP contribution is -2.43. The van der Waals surface area contributed by atoms with E-state index in [-0.39, 0.29) is 15.5 Å². The molecule has 0 aromatic heterocycles. The molecule has 1 heterocycles. The number of anilines is 1. The molecule has 0 saturated carbocycles. The molecule has 6 heteroatoms. The molecule has 5 nitrogen and oxygen atoms in total. The van der Waals surface area contributed by atoms with Crippen molar-refractivity contribution in [3.05, 3.63) is 48.5 Å². The lowest BCUT2D eigenvalue weighted by atomic mass is 10.2. The van der Waals surface area contributed by atoms with E-state index in [2.05, 4.69) is 10.2 Å². The van der Waals surface area contributed by atoms with E-state index in [1.165, 1.54) is 24.3 Å². The number of benzene rings is 2. The average Bonchev–Trinajstić information content (AvgIpc) is 2.56. The van der Waals surface area contributed by atoms with Crippen LogP contribution in [0, 0.1) is 0 Å². The summed E-state index contributed by atoms with van der Waals surface area (Å²) in [7, 11) is -3.55. The van der Waals surface area contributed by atoms with Gasteiger partial charge in [-0.05, 0) is 48.5 Å². The fourth-order valence-corrected chi connectivity index (χ4v) is 3.78. The normalized spacial score (nSPS) is 15.7. The number of aromatic hydroxyl groups is 1. The van der Waals surface area contributed by atoms with Gasteiger partial charge in [0.15, 0.2) is 0 Å². The first-order chi connectivity index (χ1) is 10.6. The largest absolute Gasteiger partial charge is 0.508 e. The van der Waals surface area contributed by atoms with Crippen molar-refractivity contribution >= 4 is 15.5 Å². The second kappa shape index (κ2) is 5.98. The molecule has 22 heavy (non-hydrogen) atoms. The Balaban J connectivity index is 1.86. The molecule has 0 aliphatic carbocycles. The molecule has 0 spiro atoms. The van der Waals surface area contributed by atoms with Crippen molar-refractivity contribution in [3.8, 4) is 5.75 Å². The molecule has 1 saturated heterocycles. The summed E-state index contributed by atoms with van der Waals surface area (Å²) in [6.45, 7) is 3.72. The van der Waals surface area contributed by atoms with E-state index in [0.717, 1.165) is 31.9 Å². The molecular formula is C16H18N2O3S. The Hall–Kier alpha value is -2.05. The van der Waals surface area contributed by atoms with Gasteiger partial charge in [0.2, 0.25) is 9.84 Å². The first kappa shape index (κ1) is 14.9. The van der Waals surface area contributed by atoms with E-state index in [1.54, 1.807) is 12.1 Å². The number of phenols is 1. The number of rotatable bonds is 3. The van der Waals surface area contributed by atoms with E-state index < -0.39 is 9.84 Å². The average molecular weight is 318 g/mol. The summed E-state index contributed by atoms with van der Waals surface area (Å²) in [6.07, 6.45) is 0. The summed E-state index contributed by atoms with van der Waals surface area (Å²) in [5, 5.41) is 12.6. The number of nitrogens with zero attached hydrogens (tertiary/aromatic N) is 1. The van der Waals surface area contributed by atoms with E-state index in [0.29, 0.717) is 0 Å². The Morgan fingerprint density at radius 2 is 1.36 bits per heavy atom. The van der Waals surface area contributed by atoms with Gasteiger partial charge in [-0.25, -0.2) is 8.42 Å². The minimum atomic E-state index is -3.55. The number of hydrogen-bond acceptors (Lipinski definition) is 5. The molecule has 2 N–H and O–H groups in total. The predicted molar refractivity (Wildman–Crippen MR) is 85.1 cm³/mol. The highest BCUT2D eigenvalue weighted by Crippen LogP contribution is 2.25. The molecule has 2 aromatic carbocycles. The third kappa shape index (κ3) is 2.93. The fraction of sp³-hybridized carbons (Fsp3) is 0.250. The van der Waals surface area contributed by atoms with Gasteiger partial charge in [-0.1, -0.05) is 0 Å². The van der Waals surface area contributed by atoms with Crippen LogP contribution in [0.4, 0.5) is 5.69 Å². The van der Waals surface area contributed by atoms with Gasteiger partial charge in [-0.15, -0.1) is 0 Å². The number of phenolic OH excluding ortho intramolecular Hbond substituents is 1. The van der Waals surface area contributed by atoms with Crippen molar-refractivity contribution in [2.45, 2.75) is 9.79 Å². The van der Waals surface area contributed by atoms with Crippen molar-refractivity contribution < 1.29 is 13.5 Å². The van der Waals surface area contributed by atoms with Crippen LogP contribution in [0.3, 0.4) is 0 Å². The van der Waals surface area contributed by atoms with E-state index in [1.807, 2.05) is 12.1 Å². The summed E-state index contributed by atoms with van der Waals surface area (Å²) < 4.78 is 25.1. The molecule has 1 fully saturated rings. The number of piperazine rings is 1. The zero-order chi connectivity index (χ0) is 15.6. The second-order valence-electron chi connectivity index (χ2n) is 5.23. The molecule has 0 amide bonds. The maximum absolute atomic E-state index is 12.5. The van der Waals surface area contributed by atoms with Crippen molar-refractivity contribution in [1.29, 1.82) is 0 Å². The number of hydrogen-bond donors (Lipinski definition) is 2. The van der Waals surface area contributed by atoms with Crippen LogP contribution in [0.2, 0.25) is 0 Å². The summed E-state index contributed by atoms with van der Waals surface area (Å²) in [6, 6.07) is 12.5. The topological polar surface area (TPSA) is 69.6 Å². The van der Waals surface area contributed by atoms with E-state index in [9.17, 15) is 13.5 Å². The Kier molecular flexibility index (Phi) is 4.04. The first-order valence-electron chi connectivity index (χ1n) is 7.17. The standard InChI is InChI=1S/C16H18N2O3S/c19-14-3-7-16(8-4-14)22(20,21)15-5-1-13(2-6-15)18-11-9-17-10-12-18/h1-8,17,19H,9-12H2. The summed E-state index contributed by atoms with van der Waals surface area (Å²) in [4.78, 5) is 2.67. The van der Waals surface area contributed by atoms with Crippen LogP contribution < -0.4 is 10.2 Å². The van der Waals surface area contributed by atoms with Crippen molar-refractivity contribution in [2.24, 2.45) is 0 Å². The van der Waals surface area contributed by atoms with Crippen LogP contribution in [-0.2, 0) is 9.84 Å². The Morgan fingerprint density at radius 3 is 1.91 bits per heavy atom. The van der Waals surface area contributed by atoms with Gasteiger partial charge in [0.1, 0.15) is 5.75 Å². The minimum Gasteiger partial charge on any atom is -0.508 e. The molecule has 1 aliphatic rings. The maximum Gasteiger partial charge on any atom is 0.206 e. The second-order valence-corrected chi connectivity index (χ2v) is 7.18. The zero-order valence-electron chi connectivity index (χ0n) is 12.1. The van der Waals surface area contributed by atoms with Crippen LogP contribution in [0.25, 0.3) is 0 Å². The van der Waals surface area contributed by atoms with Gasteiger partial charge >= 0.3 is 0 Å². The molecule has 0 bridgehead atoms. The minimum absolute atomic E-state index is 0.0491. The van der Waals surface area contributed by atoms with Gasteiger partial charge < -0.3 is 15.3 Å². The van der Waals surface area contributed by atoms with E-state index >= 15 is 0 Å². The van der Waals surface area contributed by atoms with Crippen molar-refractivity contribution in [3.63, 3.8) is 0 Å². The van der Waals surface area contributed by atoms with Crippen LogP contribution in [-0.4, -0.2) is 39.7 Å². The third-order valence-corrected chi connectivity index (χ3v) is 5.56. The zero-order valence-corrected chi connectivity index (χ0v) is 12.9. The molecule has 0 radical (unpaired) electrons. The molecule has 1 aliphatic heterocycles. The quantitative estimate of drug-likeness (QED) is 0.900. The highest BCUT2D eigenvalue weighted by Gasteiger charge is 2.18. The highest BCUT2D eigenvalue weighted by molar-refractivity contribution is 7.91. The van der Waals surface area contributed by atoms with Crippen LogP contribution in [0.5, 0.6) is 5.75 Å². The van der Waals surface area contributed by atoms with Crippen LogP contribution in [0.1, 0.15) is 0 Å². The van der Waals surface area contributed by atoms with Gasteiger partial charge in [-0.3, -0.25) is 0 Å². The lowest BCUT2D eigenvalue weighted by molar-refractivity contribution is 0.475. The number of sulfone groups is 1. The summed E-state index contributed by atoms with van der Waals surface area (Å²) >= 11 is 0. The van der Waals surface area contributed by atoms with Crippen molar-refractivity contribution in [2.75, 3.05) is 31.1 Å². The third-order valence-electron chi connectivity index (χ3n) is 3.78. The van der Waals surface area contributed by atoms with Gasteiger partial charge in [0.05, 0.1) is 9.79 Å². The molecule has 3 rings (SSSR count). The predicted octanol–water partition coefficient (Wildman–Crippen LogP) is 1.63. The van der Waals surface area contributed by atoms with E-state index in [4.69, 9.17) is 0 Å². The van der Waals surface area contributed by atoms with Gasteiger partial charge in [0.25, 0.3) is 0 Å². The van der Waals surface area contributed by atoms with Crippen LogP contribution in [0.15, 0.2) is 58.3 Å². The molecule has 0 unspecified atom stereocenters.